The molecular formula is C12H16N4S. The molecule has 1 aromatic carbocycles. The Morgan fingerprint density at radius 2 is 2.00 bits per heavy atom. The minimum Gasteiger partial charge on any atom is -0.329 e. The lowest BCUT2D eigenvalue weighted by Gasteiger charge is -2.20. The smallest absolute Gasteiger partial charge is 0.0666 e. The van der Waals surface area contributed by atoms with Crippen molar-refractivity contribution in [1.29, 1.82) is 0 Å². The van der Waals surface area contributed by atoms with Crippen LogP contribution in [0.1, 0.15) is 10.4 Å². The Bertz CT molecular complexity index is 415. The Hall–Kier alpha value is -1.30. The predicted octanol–water partition coefficient (Wildman–Crippen LogP) is 1.50. The molecule has 0 unspecified atom stereocenters. The predicted molar refractivity (Wildman–Crippen MR) is 69.5 cm³/mol. The average Bonchev–Trinajstić information content (AvgIpc) is 2.83. The van der Waals surface area contributed by atoms with Gasteiger partial charge in [0.2, 0.25) is 0 Å². The van der Waals surface area contributed by atoms with Crippen LogP contribution >= 0.6 is 11.5 Å². The molecule has 0 bridgehead atoms. The van der Waals surface area contributed by atoms with Crippen LogP contribution in [-0.4, -0.2) is 27.6 Å². The molecule has 90 valence electrons. The summed E-state index contributed by atoms with van der Waals surface area (Å²) in [6.07, 6.45) is 1.82. The van der Waals surface area contributed by atoms with E-state index >= 15 is 0 Å². The monoisotopic (exact) mass is 248 g/mol. The first-order valence-electron chi connectivity index (χ1n) is 5.61. The van der Waals surface area contributed by atoms with Crippen molar-refractivity contribution in [3.8, 4) is 0 Å². The molecule has 0 aliphatic rings. The second-order valence-corrected chi connectivity index (χ2v) is 4.74. The molecule has 0 radical (unpaired) electrons. The molecule has 0 aliphatic heterocycles. The zero-order chi connectivity index (χ0) is 11.9. The van der Waals surface area contributed by atoms with E-state index in [-0.39, 0.29) is 0 Å². The molecular weight excluding hydrogens is 232 g/mol. The minimum atomic E-state index is 0.666. The summed E-state index contributed by atoms with van der Waals surface area (Å²) in [5.74, 6) is 0. The van der Waals surface area contributed by atoms with E-state index in [1.807, 2.05) is 12.3 Å². The van der Waals surface area contributed by atoms with Crippen molar-refractivity contribution in [1.82, 2.24) is 14.5 Å². The number of benzene rings is 1. The summed E-state index contributed by atoms with van der Waals surface area (Å²) in [5, 5.41) is 3.85. The zero-order valence-corrected chi connectivity index (χ0v) is 10.4. The van der Waals surface area contributed by atoms with Crippen LogP contribution in [-0.2, 0) is 13.1 Å². The molecule has 0 atom stereocenters. The third-order valence-corrected chi connectivity index (χ3v) is 3.13. The lowest BCUT2D eigenvalue weighted by molar-refractivity contribution is 0.266. The maximum Gasteiger partial charge on any atom is 0.0666 e. The molecule has 1 heterocycles. The van der Waals surface area contributed by atoms with E-state index in [0.29, 0.717) is 6.54 Å². The molecule has 0 spiro atoms. The van der Waals surface area contributed by atoms with Gasteiger partial charge >= 0.3 is 0 Å². The summed E-state index contributed by atoms with van der Waals surface area (Å²) in [7, 11) is 0. The molecule has 2 rings (SSSR count). The molecule has 17 heavy (non-hydrogen) atoms. The highest BCUT2D eigenvalue weighted by molar-refractivity contribution is 7.05. The largest absolute Gasteiger partial charge is 0.329 e. The first kappa shape index (κ1) is 12.2. The second kappa shape index (κ2) is 6.44. The third-order valence-electron chi connectivity index (χ3n) is 2.48. The van der Waals surface area contributed by atoms with Crippen LogP contribution in [0.4, 0.5) is 0 Å². The van der Waals surface area contributed by atoms with Gasteiger partial charge in [0.1, 0.15) is 0 Å². The number of hydrogen-bond acceptors (Lipinski definition) is 5. The maximum atomic E-state index is 5.64. The van der Waals surface area contributed by atoms with Crippen LogP contribution in [0.15, 0.2) is 36.5 Å². The first-order chi connectivity index (χ1) is 8.38. The van der Waals surface area contributed by atoms with E-state index in [4.69, 9.17) is 5.73 Å². The van der Waals surface area contributed by atoms with Gasteiger partial charge in [0.25, 0.3) is 0 Å². The summed E-state index contributed by atoms with van der Waals surface area (Å²) in [5.41, 5.74) is 6.95. The van der Waals surface area contributed by atoms with Crippen molar-refractivity contribution in [2.75, 3.05) is 13.1 Å². The van der Waals surface area contributed by atoms with E-state index < -0.39 is 0 Å². The highest BCUT2D eigenvalue weighted by Gasteiger charge is 2.07. The lowest BCUT2D eigenvalue weighted by atomic mass is 10.2. The summed E-state index contributed by atoms with van der Waals surface area (Å²) in [6.45, 7) is 3.32. The second-order valence-electron chi connectivity index (χ2n) is 3.87. The van der Waals surface area contributed by atoms with Crippen molar-refractivity contribution in [3.63, 3.8) is 0 Å². The van der Waals surface area contributed by atoms with Gasteiger partial charge in [-0.25, -0.2) is 0 Å². The van der Waals surface area contributed by atoms with Gasteiger partial charge in [0.05, 0.1) is 11.1 Å². The SMILES string of the molecule is NCCN(Cc1ccccc1)Cc1cnns1. The van der Waals surface area contributed by atoms with Gasteiger partial charge < -0.3 is 5.73 Å². The number of rotatable bonds is 6. The van der Waals surface area contributed by atoms with Gasteiger partial charge in [-0.05, 0) is 17.1 Å². The van der Waals surface area contributed by atoms with Gasteiger partial charge in [-0.1, -0.05) is 34.8 Å². The Morgan fingerprint density at radius 1 is 1.18 bits per heavy atom. The van der Waals surface area contributed by atoms with Crippen molar-refractivity contribution < 1.29 is 0 Å². The summed E-state index contributed by atoms with van der Waals surface area (Å²) >= 11 is 1.44. The number of nitrogens with two attached hydrogens (primary N) is 1. The average molecular weight is 248 g/mol. The van der Waals surface area contributed by atoms with Crippen LogP contribution in [0.5, 0.6) is 0 Å². The zero-order valence-electron chi connectivity index (χ0n) is 9.62. The molecule has 0 saturated carbocycles. The Labute approximate surface area is 105 Å². The van der Waals surface area contributed by atoms with Crippen LogP contribution in [0, 0.1) is 0 Å². The van der Waals surface area contributed by atoms with E-state index in [1.165, 1.54) is 22.0 Å². The third kappa shape index (κ3) is 3.89. The fourth-order valence-electron chi connectivity index (χ4n) is 1.72. The molecule has 0 saturated heterocycles. The van der Waals surface area contributed by atoms with Crippen LogP contribution in [0.3, 0.4) is 0 Å². The van der Waals surface area contributed by atoms with Gasteiger partial charge in [-0.2, -0.15) is 0 Å². The van der Waals surface area contributed by atoms with Crippen molar-refractivity contribution in [2.45, 2.75) is 13.1 Å². The quantitative estimate of drug-likeness (QED) is 0.841. The number of hydrogen-bond donors (Lipinski definition) is 1. The summed E-state index contributed by atoms with van der Waals surface area (Å²) in [6, 6.07) is 10.4. The van der Waals surface area contributed by atoms with Gasteiger partial charge in [-0.3, -0.25) is 4.90 Å². The molecule has 0 amide bonds. The van der Waals surface area contributed by atoms with E-state index in [0.717, 1.165) is 19.6 Å². The fourth-order valence-corrected chi connectivity index (χ4v) is 2.25. The number of aromatic nitrogens is 2. The van der Waals surface area contributed by atoms with E-state index in [9.17, 15) is 0 Å². The highest BCUT2D eigenvalue weighted by Crippen LogP contribution is 2.10. The first-order valence-corrected chi connectivity index (χ1v) is 6.38. The molecule has 5 heteroatoms. The van der Waals surface area contributed by atoms with Crippen molar-refractivity contribution >= 4 is 11.5 Å². The topological polar surface area (TPSA) is 55.0 Å². The van der Waals surface area contributed by atoms with E-state index in [2.05, 4.69) is 38.8 Å². The summed E-state index contributed by atoms with van der Waals surface area (Å²) in [4.78, 5) is 3.49. The molecule has 0 aliphatic carbocycles. The van der Waals surface area contributed by atoms with Gasteiger partial charge in [0, 0.05) is 26.2 Å². The van der Waals surface area contributed by atoms with Crippen LogP contribution in [0.2, 0.25) is 0 Å². The fraction of sp³-hybridized carbons (Fsp3) is 0.333. The lowest BCUT2D eigenvalue weighted by Crippen LogP contribution is -2.28. The molecule has 0 fully saturated rings. The van der Waals surface area contributed by atoms with Crippen LogP contribution in [0.25, 0.3) is 0 Å². The van der Waals surface area contributed by atoms with Crippen molar-refractivity contribution in [3.05, 3.63) is 47.0 Å². The van der Waals surface area contributed by atoms with Gasteiger partial charge in [-0.15, -0.1) is 5.10 Å². The van der Waals surface area contributed by atoms with Crippen LogP contribution < -0.4 is 5.73 Å². The Morgan fingerprint density at radius 3 is 2.65 bits per heavy atom. The molecule has 2 N–H and O–H groups in total. The summed E-state index contributed by atoms with van der Waals surface area (Å²) < 4.78 is 3.88. The Balaban J connectivity index is 1.97. The van der Waals surface area contributed by atoms with Crippen molar-refractivity contribution in [2.24, 2.45) is 5.73 Å². The number of nitrogens with zero attached hydrogens (tertiary/aromatic N) is 3. The molecule has 2 aromatic rings. The maximum absolute atomic E-state index is 5.64. The molecule has 1 aromatic heterocycles. The van der Waals surface area contributed by atoms with E-state index in [1.54, 1.807) is 0 Å². The minimum absolute atomic E-state index is 0.666. The Kier molecular flexibility index (Phi) is 4.61. The molecule has 4 nitrogen and oxygen atoms in total. The standard InChI is InChI=1S/C12H16N4S/c13-6-7-16(10-12-8-14-15-17-12)9-11-4-2-1-3-5-11/h1-5,8H,6-7,9-10,13H2. The normalized spacial score (nSPS) is 10.9. The van der Waals surface area contributed by atoms with Gasteiger partial charge in [0.15, 0.2) is 0 Å². The highest BCUT2D eigenvalue weighted by atomic mass is 32.1.